The van der Waals surface area contributed by atoms with Gasteiger partial charge in [-0.25, -0.2) is 4.79 Å². The van der Waals surface area contributed by atoms with Crippen molar-refractivity contribution in [2.24, 2.45) is 0 Å². The van der Waals surface area contributed by atoms with Crippen LogP contribution in [0.3, 0.4) is 0 Å². The number of aromatic nitrogens is 2. The Morgan fingerprint density at radius 1 is 1.33 bits per heavy atom. The molecule has 1 saturated heterocycles. The number of para-hydroxylation sites is 1. The fraction of sp³-hybridized carbons (Fsp3) is 0.333. The molecule has 0 saturated carbocycles. The number of hydrogen-bond donors (Lipinski definition) is 2. The standard InChI is InChI=1S/C12H13N3O3/c1-18-9-4-2-3-8-10(9)14-12(17)15(11(8)16)7-5-13-6-7/h2-4,7,13H,5-6H2,1H3,(H,14,17). The fourth-order valence-electron chi connectivity index (χ4n) is 2.19. The molecule has 2 N–H and O–H groups in total. The first-order valence-corrected chi connectivity index (χ1v) is 5.74. The summed E-state index contributed by atoms with van der Waals surface area (Å²) in [6, 6.07) is 5.09. The van der Waals surface area contributed by atoms with Crippen LogP contribution in [0, 0.1) is 0 Å². The largest absolute Gasteiger partial charge is 0.495 e. The molecule has 0 atom stereocenters. The van der Waals surface area contributed by atoms with E-state index in [0.717, 1.165) is 0 Å². The van der Waals surface area contributed by atoms with E-state index in [1.165, 1.54) is 11.7 Å². The molecule has 1 fully saturated rings. The summed E-state index contributed by atoms with van der Waals surface area (Å²) >= 11 is 0. The minimum Gasteiger partial charge on any atom is -0.495 e. The second-order valence-corrected chi connectivity index (χ2v) is 4.30. The van der Waals surface area contributed by atoms with Crippen LogP contribution in [0.25, 0.3) is 10.9 Å². The maximum Gasteiger partial charge on any atom is 0.329 e. The SMILES string of the molecule is COc1cccc2c(=O)n(C3CNC3)c(=O)[nH]c12. The van der Waals surface area contributed by atoms with E-state index in [4.69, 9.17) is 4.74 Å². The monoisotopic (exact) mass is 247 g/mol. The minimum absolute atomic E-state index is 0.0585. The van der Waals surface area contributed by atoms with Crippen LogP contribution in [0.1, 0.15) is 6.04 Å². The van der Waals surface area contributed by atoms with E-state index in [1.807, 2.05) is 0 Å². The van der Waals surface area contributed by atoms with Gasteiger partial charge in [-0.15, -0.1) is 0 Å². The predicted octanol–water partition coefficient (Wildman–Crippen LogP) is -0.157. The Morgan fingerprint density at radius 3 is 2.72 bits per heavy atom. The Labute approximate surface area is 102 Å². The van der Waals surface area contributed by atoms with E-state index in [9.17, 15) is 9.59 Å². The van der Waals surface area contributed by atoms with Crippen molar-refractivity contribution in [3.05, 3.63) is 39.0 Å². The molecule has 1 aromatic carbocycles. The lowest BCUT2D eigenvalue weighted by Crippen LogP contribution is -2.51. The maximum absolute atomic E-state index is 12.3. The highest BCUT2D eigenvalue weighted by Gasteiger charge is 2.23. The molecule has 1 aliphatic rings. The normalized spacial score (nSPS) is 15.6. The molecule has 3 rings (SSSR count). The van der Waals surface area contributed by atoms with Crippen LogP contribution in [-0.2, 0) is 0 Å². The molecule has 0 unspecified atom stereocenters. The lowest BCUT2D eigenvalue weighted by atomic mass is 10.1. The number of ether oxygens (including phenoxy) is 1. The van der Waals surface area contributed by atoms with Gasteiger partial charge in [0.1, 0.15) is 5.75 Å². The molecule has 0 bridgehead atoms. The number of methoxy groups -OCH3 is 1. The highest BCUT2D eigenvalue weighted by Crippen LogP contribution is 2.20. The number of rotatable bonds is 2. The number of aromatic amines is 1. The molecular weight excluding hydrogens is 234 g/mol. The Kier molecular flexibility index (Phi) is 2.45. The minimum atomic E-state index is -0.386. The average Bonchev–Trinajstić information content (AvgIpc) is 2.31. The summed E-state index contributed by atoms with van der Waals surface area (Å²) in [5.74, 6) is 0.501. The fourth-order valence-corrected chi connectivity index (χ4v) is 2.19. The lowest BCUT2D eigenvalue weighted by Gasteiger charge is -2.28. The van der Waals surface area contributed by atoms with Crippen molar-refractivity contribution in [1.82, 2.24) is 14.9 Å². The zero-order chi connectivity index (χ0) is 12.7. The first kappa shape index (κ1) is 11.0. The summed E-state index contributed by atoms with van der Waals surface area (Å²) in [5.41, 5.74) is -0.193. The van der Waals surface area contributed by atoms with E-state index >= 15 is 0 Å². The number of nitrogens with zero attached hydrogens (tertiary/aromatic N) is 1. The molecule has 6 heteroatoms. The summed E-state index contributed by atoms with van der Waals surface area (Å²) in [6.45, 7) is 1.30. The molecule has 2 aromatic rings. The summed E-state index contributed by atoms with van der Waals surface area (Å²) in [7, 11) is 1.51. The zero-order valence-electron chi connectivity index (χ0n) is 9.90. The van der Waals surface area contributed by atoms with Gasteiger partial charge in [0.25, 0.3) is 5.56 Å². The molecule has 0 radical (unpaired) electrons. The first-order valence-electron chi connectivity index (χ1n) is 5.74. The first-order chi connectivity index (χ1) is 8.72. The molecular formula is C12H13N3O3. The van der Waals surface area contributed by atoms with Crippen molar-refractivity contribution in [3.8, 4) is 5.75 Å². The molecule has 2 heterocycles. The Hall–Kier alpha value is -2.08. The summed E-state index contributed by atoms with van der Waals surface area (Å²) in [6.07, 6.45) is 0. The lowest BCUT2D eigenvalue weighted by molar-refractivity contribution is 0.327. The van der Waals surface area contributed by atoms with Crippen LogP contribution in [0.2, 0.25) is 0 Å². The molecule has 0 amide bonds. The third-order valence-electron chi connectivity index (χ3n) is 3.27. The summed E-state index contributed by atoms with van der Waals surface area (Å²) < 4.78 is 6.42. The second kappa shape index (κ2) is 3.99. The molecule has 0 spiro atoms. The van der Waals surface area contributed by atoms with E-state index in [1.54, 1.807) is 18.2 Å². The van der Waals surface area contributed by atoms with Crippen LogP contribution in [0.5, 0.6) is 5.75 Å². The van der Waals surface area contributed by atoms with Gasteiger partial charge < -0.3 is 15.0 Å². The topological polar surface area (TPSA) is 76.1 Å². The molecule has 1 aromatic heterocycles. The van der Waals surface area contributed by atoms with Crippen LogP contribution in [0.4, 0.5) is 0 Å². The van der Waals surface area contributed by atoms with Gasteiger partial charge >= 0.3 is 5.69 Å². The maximum atomic E-state index is 12.3. The second-order valence-electron chi connectivity index (χ2n) is 4.30. The number of fused-ring (bicyclic) bond motifs is 1. The molecule has 94 valence electrons. The van der Waals surface area contributed by atoms with Gasteiger partial charge in [-0.05, 0) is 12.1 Å². The van der Waals surface area contributed by atoms with Gasteiger partial charge in [0, 0.05) is 13.1 Å². The summed E-state index contributed by atoms with van der Waals surface area (Å²) in [5, 5.41) is 3.52. The van der Waals surface area contributed by atoms with Gasteiger partial charge in [0.05, 0.1) is 24.1 Å². The molecule has 0 aliphatic carbocycles. The van der Waals surface area contributed by atoms with Gasteiger partial charge in [0.15, 0.2) is 0 Å². The number of hydrogen-bond acceptors (Lipinski definition) is 4. The average molecular weight is 247 g/mol. The van der Waals surface area contributed by atoms with Crippen LogP contribution in [-0.4, -0.2) is 29.8 Å². The third-order valence-corrected chi connectivity index (χ3v) is 3.27. The van der Waals surface area contributed by atoms with Crippen LogP contribution < -0.4 is 21.3 Å². The van der Waals surface area contributed by atoms with Gasteiger partial charge in [-0.3, -0.25) is 9.36 Å². The van der Waals surface area contributed by atoms with Gasteiger partial charge in [0.2, 0.25) is 0 Å². The van der Waals surface area contributed by atoms with Crippen molar-refractivity contribution in [1.29, 1.82) is 0 Å². The Balaban J connectivity index is 2.35. The van der Waals surface area contributed by atoms with Crippen molar-refractivity contribution in [2.75, 3.05) is 20.2 Å². The predicted molar refractivity (Wildman–Crippen MR) is 67.3 cm³/mol. The van der Waals surface area contributed by atoms with Crippen molar-refractivity contribution in [2.45, 2.75) is 6.04 Å². The third kappa shape index (κ3) is 1.46. The highest BCUT2D eigenvalue weighted by atomic mass is 16.5. The Morgan fingerprint density at radius 2 is 2.11 bits per heavy atom. The molecule has 18 heavy (non-hydrogen) atoms. The van der Waals surface area contributed by atoms with Crippen molar-refractivity contribution in [3.63, 3.8) is 0 Å². The van der Waals surface area contributed by atoms with E-state index < -0.39 is 0 Å². The number of nitrogens with one attached hydrogen (secondary N) is 2. The van der Waals surface area contributed by atoms with Crippen molar-refractivity contribution >= 4 is 10.9 Å². The number of benzene rings is 1. The van der Waals surface area contributed by atoms with Crippen molar-refractivity contribution < 1.29 is 4.74 Å². The smallest absolute Gasteiger partial charge is 0.329 e. The van der Waals surface area contributed by atoms with E-state index in [0.29, 0.717) is 29.7 Å². The zero-order valence-corrected chi connectivity index (χ0v) is 9.90. The quantitative estimate of drug-likeness (QED) is 0.773. The highest BCUT2D eigenvalue weighted by molar-refractivity contribution is 5.83. The summed E-state index contributed by atoms with van der Waals surface area (Å²) in [4.78, 5) is 27.0. The van der Waals surface area contributed by atoms with Crippen LogP contribution in [0.15, 0.2) is 27.8 Å². The molecule has 6 nitrogen and oxygen atoms in total. The molecule has 1 aliphatic heterocycles. The van der Waals surface area contributed by atoms with E-state index in [-0.39, 0.29) is 17.3 Å². The van der Waals surface area contributed by atoms with Gasteiger partial charge in [-0.2, -0.15) is 0 Å². The number of H-pyrrole nitrogens is 1. The van der Waals surface area contributed by atoms with Gasteiger partial charge in [-0.1, -0.05) is 6.07 Å². The Bertz CT molecular complexity index is 713. The van der Waals surface area contributed by atoms with Crippen LogP contribution >= 0.6 is 0 Å². The van der Waals surface area contributed by atoms with E-state index in [2.05, 4.69) is 10.3 Å².